The fourth-order valence-corrected chi connectivity index (χ4v) is 4.50. The number of aromatic amines is 2. The van der Waals surface area contributed by atoms with Gasteiger partial charge >= 0.3 is 18.0 Å². The first-order valence-electron chi connectivity index (χ1n) is 11.0. The summed E-state index contributed by atoms with van der Waals surface area (Å²) in [6.45, 7) is 0.556. The van der Waals surface area contributed by atoms with Crippen molar-refractivity contribution in [3.05, 3.63) is 86.8 Å². The number of alkyl halides is 6. The zero-order valence-electron chi connectivity index (χ0n) is 18.7. The van der Waals surface area contributed by atoms with Crippen LogP contribution in [0.3, 0.4) is 0 Å². The van der Waals surface area contributed by atoms with E-state index in [1.165, 1.54) is 12.1 Å². The van der Waals surface area contributed by atoms with Crippen molar-refractivity contribution in [3.63, 3.8) is 0 Å². The zero-order chi connectivity index (χ0) is 26.1. The molecule has 2 aromatic carbocycles. The topological polar surface area (TPSA) is 76.8 Å². The minimum Gasteiger partial charge on any atom is -0.308 e. The number of nitrogens with zero attached hydrogens (tertiary/aromatic N) is 2. The van der Waals surface area contributed by atoms with Crippen LogP contribution in [0.15, 0.2) is 47.3 Å². The van der Waals surface area contributed by atoms with Crippen molar-refractivity contribution in [2.75, 3.05) is 6.54 Å². The maximum atomic E-state index is 13.6. The highest BCUT2D eigenvalue weighted by molar-refractivity contribution is 5.34. The number of halogens is 7. The lowest BCUT2D eigenvalue weighted by atomic mass is 9.90. The van der Waals surface area contributed by atoms with E-state index in [9.17, 15) is 35.5 Å². The molecule has 0 aliphatic carbocycles. The number of aromatic nitrogens is 3. The molecule has 6 nitrogen and oxygen atoms in total. The SMILES string of the molecule is O=c1[nH]nc(CN2CCC[C@H](NCc3cc(C(F)(F)F)cc(C(F)(F)F)c3)[C@@H]2c2ccc(F)cc2)[nH]1. The van der Waals surface area contributed by atoms with Crippen LogP contribution in [0.2, 0.25) is 0 Å². The van der Waals surface area contributed by atoms with Crippen molar-refractivity contribution in [2.45, 2.75) is 50.4 Å². The molecule has 3 N–H and O–H groups in total. The number of piperidine rings is 1. The number of likely N-dealkylation sites (tertiary alicyclic amines) is 1. The van der Waals surface area contributed by atoms with E-state index in [1.807, 2.05) is 4.90 Å². The first-order valence-corrected chi connectivity index (χ1v) is 11.0. The first kappa shape index (κ1) is 25.9. The molecule has 0 bridgehead atoms. The van der Waals surface area contributed by atoms with E-state index in [2.05, 4.69) is 20.5 Å². The molecule has 1 aliphatic rings. The Morgan fingerprint density at radius 2 is 1.64 bits per heavy atom. The van der Waals surface area contributed by atoms with Gasteiger partial charge in [-0.25, -0.2) is 14.3 Å². The van der Waals surface area contributed by atoms with Gasteiger partial charge in [-0.15, -0.1) is 0 Å². The molecule has 36 heavy (non-hydrogen) atoms. The summed E-state index contributed by atoms with van der Waals surface area (Å²) < 4.78 is 93.1. The van der Waals surface area contributed by atoms with E-state index >= 15 is 0 Å². The van der Waals surface area contributed by atoms with E-state index in [-0.39, 0.29) is 24.7 Å². The number of H-pyrrole nitrogens is 2. The molecule has 0 amide bonds. The highest BCUT2D eigenvalue weighted by Gasteiger charge is 2.37. The minimum absolute atomic E-state index is 0.0951. The van der Waals surface area contributed by atoms with Crippen LogP contribution >= 0.6 is 0 Å². The monoisotopic (exact) mass is 517 g/mol. The van der Waals surface area contributed by atoms with Crippen molar-refractivity contribution in [1.82, 2.24) is 25.4 Å². The normalized spacial score (nSPS) is 19.5. The van der Waals surface area contributed by atoms with Gasteiger partial charge in [0, 0.05) is 12.6 Å². The summed E-state index contributed by atoms with van der Waals surface area (Å²) in [5.74, 6) is -0.0913. The van der Waals surface area contributed by atoms with Gasteiger partial charge in [0.15, 0.2) is 0 Å². The van der Waals surface area contributed by atoms with Crippen LogP contribution in [0.25, 0.3) is 0 Å². The molecule has 1 aromatic heterocycles. The van der Waals surface area contributed by atoms with Crippen LogP contribution in [0.5, 0.6) is 0 Å². The fraction of sp³-hybridized carbons (Fsp3) is 0.391. The number of hydrogen-bond donors (Lipinski definition) is 3. The van der Waals surface area contributed by atoms with Crippen molar-refractivity contribution >= 4 is 0 Å². The Morgan fingerprint density at radius 3 is 2.19 bits per heavy atom. The molecule has 0 radical (unpaired) electrons. The maximum Gasteiger partial charge on any atom is 0.416 e. The van der Waals surface area contributed by atoms with Crippen LogP contribution in [0.4, 0.5) is 30.7 Å². The molecule has 1 aliphatic heterocycles. The average Bonchev–Trinajstić information content (AvgIpc) is 3.21. The summed E-state index contributed by atoms with van der Waals surface area (Å²) in [7, 11) is 0. The summed E-state index contributed by atoms with van der Waals surface area (Å²) in [6.07, 6.45) is -8.63. The molecule has 2 atom stereocenters. The third-order valence-corrected chi connectivity index (χ3v) is 6.07. The molecule has 13 heteroatoms. The van der Waals surface area contributed by atoms with Gasteiger partial charge in [-0.2, -0.15) is 31.4 Å². The van der Waals surface area contributed by atoms with Gasteiger partial charge in [-0.3, -0.25) is 9.88 Å². The smallest absolute Gasteiger partial charge is 0.308 e. The molecule has 2 heterocycles. The Morgan fingerprint density at radius 1 is 1.00 bits per heavy atom. The Labute approximate surface area is 200 Å². The Bertz CT molecular complexity index is 1200. The highest BCUT2D eigenvalue weighted by atomic mass is 19.4. The van der Waals surface area contributed by atoms with Crippen molar-refractivity contribution < 1.29 is 30.7 Å². The van der Waals surface area contributed by atoms with Crippen molar-refractivity contribution in [3.8, 4) is 0 Å². The van der Waals surface area contributed by atoms with Gasteiger partial charge in [-0.1, -0.05) is 12.1 Å². The lowest BCUT2D eigenvalue weighted by Crippen LogP contribution is -2.48. The lowest BCUT2D eigenvalue weighted by Gasteiger charge is -2.42. The van der Waals surface area contributed by atoms with Crippen LogP contribution in [0, 0.1) is 5.82 Å². The molecule has 4 rings (SSSR count). The first-order chi connectivity index (χ1) is 16.9. The Balaban J connectivity index is 1.61. The zero-order valence-corrected chi connectivity index (χ0v) is 18.7. The minimum atomic E-state index is -4.94. The second-order valence-electron chi connectivity index (χ2n) is 8.64. The van der Waals surface area contributed by atoms with Gasteiger partial charge in [0.25, 0.3) is 0 Å². The summed E-state index contributed by atoms with van der Waals surface area (Å²) >= 11 is 0. The van der Waals surface area contributed by atoms with E-state index in [4.69, 9.17) is 0 Å². The quantitative estimate of drug-likeness (QED) is 0.412. The van der Waals surface area contributed by atoms with Gasteiger partial charge in [-0.05, 0) is 60.8 Å². The summed E-state index contributed by atoms with van der Waals surface area (Å²) in [4.78, 5) is 16.0. The third kappa shape index (κ3) is 6.13. The van der Waals surface area contributed by atoms with Crippen LogP contribution < -0.4 is 11.0 Å². The Kier molecular flexibility index (Phi) is 7.23. The molecule has 1 saturated heterocycles. The number of hydrogen-bond acceptors (Lipinski definition) is 4. The van der Waals surface area contributed by atoms with Gasteiger partial charge in [0.1, 0.15) is 11.6 Å². The predicted molar refractivity (Wildman–Crippen MR) is 115 cm³/mol. The number of rotatable bonds is 6. The largest absolute Gasteiger partial charge is 0.416 e. The second kappa shape index (κ2) is 10.1. The van der Waals surface area contributed by atoms with Crippen LogP contribution in [0.1, 0.15) is 47.0 Å². The summed E-state index contributed by atoms with van der Waals surface area (Å²) in [5, 5.41) is 9.29. The van der Waals surface area contributed by atoms with Gasteiger partial charge in [0.2, 0.25) is 0 Å². The predicted octanol–water partition coefficient (Wildman–Crippen LogP) is 4.77. The van der Waals surface area contributed by atoms with E-state index < -0.39 is 47.1 Å². The van der Waals surface area contributed by atoms with E-state index in [0.717, 1.165) is 0 Å². The molecule has 1 fully saturated rings. The molecule has 0 saturated carbocycles. The average molecular weight is 517 g/mol. The van der Waals surface area contributed by atoms with Gasteiger partial charge < -0.3 is 5.32 Å². The highest BCUT2D eigenvalue weighted by Crippen LogP contribution is 2.37. The molecular weight excluding hydrogens is 495 g/mol. The lowest BCUT2D eigenvalue weighted by molar-refractivity contribution is -0.143. The molecule has 194 valence electrons. The Hall–Kier alpha value is -3.19. The standard InChI is InChI=1S/C23H22F7N5O/c24-17-5-3-14(4-6-17)20-18(2-1-7-35(20)12-19-32-21(36)34-33-19)31-11-13-8-15(22(25,26)27)10-16(9-13)23(28,29)30/h3-6,8-10,18,20,31H,1-2,7,11-12H2,(H2,32,33,34,36)/t18-,20-/m0/s1. The number of benzene rings is 2. The third-order valence-electron chi connectivity index (χ3n) is 6.07. The van der Waals surface area contributed by atoms with Gasteiger partial charge in [0.05, 0.1) is 23.7 Å². The molecular formula is C23H22F7N5O. The van der Waals surface area contributed by atoms with Crippen molar-refractivity contribution in [2.24, 2.45) is 0 Å². The van der Waals surface area contributed by atoms with Crippen LogP contribution in [-0.2, 0) is 25.4 Å². The molecule has 3 aromatic rings. The summed E-state index contributed by atoms with van der Waals surface area (Å²) in [6, 6.07) is 6.40. The van der Waals surface area contributed by atoms with Crippen molar-refractivity contribution in [1.29, 1.82) is 0 Å². The maximum absolute atomic E-state index is 13.6. The number of nitrogens with one attached hydrogen (secondary N) is 3. The molecule has 0 unspecified atom stereocenters. The molecule has 0 spiro atoms. The van der Waals surface area contributed by atoms with Crippen LogP contribution in [-0.4, -0.2) is 32.7 Å². The second-order valence-corrected chi connectivity index (χ2v) is 8.64. The van der Waals surface area contributed by atoms with E-state index in [1.54, 1.807) is 12.1 Å². The fourth-order valence-electron chi connectivity index (χ4n) is 4.50. The van der Waals surface area contributed by atoms with E-state index in [0.29, 0.717) is 42.9 Å². The summed E-state index contributed by atoms with van der Waals surface area (Å²) in [5.41, 5.74) is -2.70.